The summed E-state index contributed by atoms with van der Waals surface area (Å²) in [5.74, 6) is 13.8. The molecule has 1 fully saturated rings. The van der Waals surface area contributed by atoms with Gasteiger partial charge >= 0.3 is 8.25 Å². The molecule has 1 saturated carbocycles. The molecule has 0 radical (unpaired) electrons. The Hall–Kier alpha value is -0.860. The summed E-state index contributed by atoms with van der Waals surface area (Å²) in [6.07, 6.45) is 51.2. The van der Waals surface area contributed by atoms with Crippen LogP contribution >= 0.6 is 8.25 Å². The van der Waals surface area contributed by atoms with E-state index in [2.05, 4.69) is 30.6 Å². The van der Waals surface area contributed by atoms with E-state index in [0.717, 1.165) is 18.8 Å². The number of hydrogen-bond acceptors (Lipinski definition) is 1. The molecule has 0 aromatic heterocycles. The topological polar surface area (TPSA) is 57.5 Å². The fraction of sp³-hybridized carbons (Fsp3) is 0.905. The molecule has 0 aromatic carbocycles. The van der Waals surface area contributed by atoms with E-state index in [1.807, 2.05) is 0 Å². The maximum Gasteiger partial charge on any atom is 0.692 e. The van der Waals surface area contributed by atoms with Crippen LogP contribution in [-0.2, 0) is 4.57 Å². The van der Waals surface area contributed by atoms with Crippen LogP contribution in [0, 0.1) is 29.6 Å². The maximum absolute atomic E-state index is 8.70. The van der Waals surface area contributed by atoms with Crippen molar-refractivity contribution in [2.45, 2.75) is 238 Å². The molecule has 4 heteroatoms. The summed E-state index contributed by atoms with van der Waals surface area (Å²) >= 11 is 0. The third kappa shape index (κ3) is 41.2. The first-order valence-electron chi connectivity index (χ1n) is 20.5. The number of hydrogen-bond donors (Lipinski definition) is 2. The zero-order valence-corrected chi connectivity index (χ0v) is 31.7. The molecule has 0 atom stereocenters. The van der Waals surface area contributed by atoms with Gasteiger partial charge in [-0.1, -0.05) is 224 Å². The molecule has 2 N–H and O–H groups in total. The van der Waals surface area contributed by atoms with Crippen molar-refractivity contribution in [1.29, 1.82) is 0 Å². The third-order valence-corrected chi connectivity index (χ3v) is 9.78. The Kier molecular flexibility index (Phi) is 39.6. The van der Waals surface area contributed by atoms with Crippen LogP contribution in [0.5, 0.6) is 0 Å². The van der Waals surface area contributed by atoms with Gasteiger partial charge in [0.25, 0.3) is 0 Å². The zero-order valence-electron chi connectivity index (χ0n) is 30.8. The van der Waals surface area contributed by atoms with E-state index in [9.17, 15) is 0 Å². The molecule has 0 unspecified atom stereocenters. The minimum atomic E-state index is -2.87. The van der Waals surface area contributed by atoms with Gasteiger partial charge in [-0.05, 0) is 30.6 Å². The van der Waals surface area contributed by atoms with Crippen molar-refractivity contribution in [2.24, 2.45) is 5.92 Å². The average molecular weight is 662 g/mol. The van der Waals surface area contributed by atoms with Crippen LogP contribution in [-0.4, -0.2) is 9.79 Å². The van der Waals surface area contributed by atoms with E-state index in [1.54, 1.807) is 0 Å². The largest absolute Gasteiger partial charge is 0.692 e. The molecule has 0 amide bonds. The van der Waals surface area contributed by atoms with Gasteiger partial charge in [-0.3, -0.25) is 0 Å². The molecule has 0 spiro atoms. The highest BCUT2D eigenvalue weighted by Crippen LogP contribution is 2.31. The highest BCUT2D eigenvalue weighted by molar-refractivity contribution is 7.30. The van der Waals surface area contributed by atoms with Gasteiger partial charge in [0.05, 0.1) is 0 Å². The quantitative estimate of drug-likeness (QED) is 0.0428. The second-order valence-corrected chi connectivity index (χ2v) is 14.7. The highest BCUT2D eigenvalue weighted by atomic mass is 31.1. The molecule has 0 aromatic rings. The first-order chi connectivity index (χ1) is 22.7. The fourth-order valence-electron chi connectivity index (χ4n) is 6.52. The molecular formula is C42H78O3P+. The van der Waals surface area contributed by atoms with Crippen molar-refractivity contribution < 1.29 is 14.4 Å². The van der Waals surface area contributed by atoms with Crippen LogP contribution in [0.2, 0.25) is 0 Å². The molecule has 0 aliphatic heterocycles. The molecule has 268 valence electrons. The summed E-state index contributed by atoms with van der Waals surface area (Å²) in [5, 5.41) is 0. The zero-order chi connectivity index (χ0) is 33.4. The molecule has 46 heavy (non-hydrogen) atoms. The molecule has 3 nitrogen and oxygen atoms in total. The number of rotatable bonds is 32. The van der Waals surface area contributed by atoms with Gasteiger partial charge in [0.2, 0.25) is 0 Å². The van der Waals surface area contributed by atoms with Crippen molar-refractivity contribution in [2.75, 3.05) is 0 Å². The van der Waals surface area contributed by atoms with Crippen molar-refractivity contribution >= 4 is 8.25 Å². The maximum atomic E-state index is 8.70. The summed E-state index contributed by atoms with van der Waals surface area (Å²) in [7, 11) is -2.87. The van der Waals surface area contributed by atoms with E-state index < -0.39 is 8.25 Å². The SMILES string of the molecule is CCCCCCCCCCCCCCCCCCCC#CC#CCCCCCCCCCCCCCCCC1CCC1.O=[P+](O)O. The minimum absolute atomic E-state index is 1.04. The summed E-state index contributed by atoms with van der Waals surface area (Å²) in [5.41, 5.74) is 0. The predicted octanol–water partition coefficient (Wildman–Crippen LogP) is 14.3. The standard InChI is InChI=1S/C42H76.HO3P/c1-2-3-4-5-6-7-8-9-10-11-12-13-14-15-16-17-18-19-20-21-22-23-24-25-26-27-28-29-30-31-32-33-34-35-36-37-39-42-40-38-41-42;1-4(2)3/h42H,2-19,24-41H2,1H3;(H-,1,2,3)/p+1. The van der Waals surface area contributed by atoms with Crippen LogP contribution in [0.15, 0.2) is 0 Å². The van der Waals surface area contributed by atoms with Crippen LogP contribution < -0.4 is 0 Å². The lowest BCUT2D eigenvalue weighted by Crippen LogP contribution is -2.10. The first kappa shape index (κ1) is 45.1. The van der Waals surface area contributed by atoms with E-state index in [-0.39, 0.29) is 0 Å². The smallest absolute Gasteiger partial charge is 0.134 e. The van der Waals surface area contributed by atoms with Crippen LogP contribution in [0.25, 0.3) is 0 Å². The monoisotopic (exact) mass is 662 g/mol. The molecule has 1 aliphatic rings. The molecule has 1 aliphatic carbocycles. The summed E-state index contributed by atoms with van der Waals surface area (Å²) < 4.78 is 8.70. The van der Waals surface area contributed by atoms with Gasteiger partial charge in [-0.25, -0.2) is 0 Å². The van der Waals surface area contributed by atoms with Gasteiger partial charge in [0.1, 0.15) is 0 Å². The summed E-state index contributed by atoms with van der Waals surface area (Å²) in [4.78, 5) is 14.2. The molecule has 0 bridgehead atoms. The van der Waals surface area contributed by atoms with Gasteiger partial charge in [-0.2, -0.15) is 0 Å². The van der Waals surface area contributed by atoms with E-state index in [1.165, 1.54) is 218 Å². The normalized spacial score (nSPS) is 12.3. The highest BCUT2D eigenvalue weighted by Gasteiger charge is 2.15. The van der Waals surface area contributed by atoms with Gasteiger partial charge in [0.15, 0.2) is 0 Å². The van der Waals surface area contributed by atoms with Crippen molar-refractivity contribution in [1.82, 2.24) is 0 Å². The Labute approximate surface area is 289 Å². The van der Waals surface area contributed by atoms with Crippen LogP contribution in [0.3, 0.4) is 0 Å². The Morgan fingerprint density at radius 1 is 0.457 bits per heavy atom. The van der Waals surface area contributed by atoms with Crippen molar-refractivity contribution in [3.05, 3.63) is 0 Å². The molecule has 1 rings (SSSR count). The molecule has 0 saturated heterocycles. The third-order valence-electron chi connectivity index (χ3n) is 9.78. The van der Waals surface area contributed by atoms with Gasteiger partial charge in [-0.15, -0.1) is 9.79 Å². The Morgan fingerprint density at radius 3 is 0.978 bits per heavy atom. The lowest BCUT2D eigenvalue weighted by atomic mass is 9.81. The lowest BCUT2D eigenvalue weighted by Gasteiger charge is -2.24. The van der Waals surface area contributed by atoms with Gasteiger partial charge in [0, 0.05) is 17.4 Å². The average Bonchev–Trinajstić information content (AvgIpc) is 3.01. The lowest BCUT2D eigenvalue weighted by molar-refractivity contribution is 0.286. The minimum Gasteiger partial charge on any atom is -0.134 e. The Bertz CT molecular complexity index is 735. The van der Waals surface area contributed by atoms with Crippen LogP contribution in [0.4, 0.5) is 0 Å². The predicted molar refractivity (Wildman–Crippen MR) is 203 cm³/mol. The van der Waals surface area contributed by atoms with E-state index >= 15 is 0 Å². The first-order valence-corrected chi connectivity index (χ1v) is 21.6. The Morgan fingerprint density at radius 2 is 0.717 bits per heavy atom. The van der Waals surface area contributed by atoms with E-state index in [0.29, 0.717) is 0 Å². The number of unbranched alkanes of at least 4 members (excludes halogenated alkanes) is 30. The fourth-order valence-corrected chi connectivity index (χ4v) is 6.52. The van der Waals surface area contributed by atoms with Crippen molar-refractivity contribution in [3.63, 3.8) is 0 Å². The second kappa shape index (κ2) is 40.3. The van der Waals surface area contributed by atoms with E-state index in [4.69, 9.17) is 14.4 Å². The summed E-state index contributed by atoms with van der Waals surface area (Å²) in [6, 6.07) is 0. The molecule has 0 heterocycles. The summed E-state index contributed by atoms with van der Waals surface area (Å²) in [6.45, 7) is 2.30. The Balaban J connectivity index is 0.00000476. The second-order valence-electron chi connectivity index (χ2n) is 14.2. The van der Waals surface area contributed by atoms with Crippen molar-refractivity contribution in [3.8, 4) is 23.7 Å². The molecular weight excluding hydrogens is 583 g/mol. The van der Waals surface area contributed by atoms with Crippen LogP contribution in [0.1, 0.15) is 238 Å². The van der Waals surface area contributed by atoms with Gasteiger partial charge < -0.3 is 0 Å².